The lowest BCUT2D eigenvalue weighted by molar-refractivity contribution is -0.119. The van der Waals surface area contributed by atoms with E-state index in [0.29, 0.717) is 5.16 Å². The summed E-state index contributed by atoms with van der Waals surface area (Å²) in [7, 11) is 0. The van der Waals surface area contributed by atoms with Crippen LogP contribution < -0.4 is 10.6 Å². The van der Waals surface area contributed by atoms with Crippen LogP contribution in [0.1, 0.15) is 33.5 Å². The third kappa shape index (κ3) is 5.32. The molecule has 25 heavy (non-hydrogen) atoms. The van der Waals surface area contributed by atoms with Crippen LogP contribution in [-0.4, -0.2) is 37.5 Å². The third-order valence-corrected chi connectivity index (χ3v) is 4.23. The molecule has 0 unspecified atom stereocenters. The maximum atomic E-state index is 12.2. The predicted molar refractivity (Wildman–Crippen MR) is 97.8 cm³/mol. The lowest BCUT2D eigenvalue weighted by Gasteiger charge is -2.21. The smallest absolute Gasteiger partial charge is 0.321 e. The molecule has 1 aromatic carbocycles. The van der Waals surface area contributed by atoms with Crippen LogP contribution in [0.3, 0.4) is 0 Å². The van der Waals surface area contributed by atoms with E-state index >= 15 is 0 Å². The maximum Gasteiger partial charge on any atom is 0.321 e. The molecule has 2 rings (SSSR count). The normalized spacial score (nSPS) is 12.5. The molecular formula is C17H23N5O2S. The van der Waals surface area contributed by atoms with Crippen LogP contribution in [0.2, 0.25) is 0 Å². The molecule has 134 valence electrons. The van der Waals surface area contributed by atoms with Gasteiger partial charge in [-0.25, -0.2) is 4.79 Å². The number of amides is 3. The Bertz CT molecular complexity index is 752. The van der Waals surface area contributed by atoms with Crippen molar-refractivity contribution in [3.63, 3.8) is 0 Å². The summed E-state index contributed by atoms with van der Waals surface area (Å²) in [6.45, 7) is 9.12. The topological polar surface area (TPSA) is 88.9 Å². The summed E-state index contributed by atoms with van der Waals surface area (Å²) in [6.07, 6.45) is 0. The average Bonchev–Trinajstić information content (AvgIpc) is 2.86. The van der Waals surface area contributed by atoms with E-state index in [-0.39, 0.29) is 5.91 Å². The molecule has 2 N–H and O–H groups in total. The number of aryl methyl sites for hydroxylation is 1. The van der Waals surface area contributed by atoms with Crippen LogP contribution in [0, 0.1) is 6.92 Å². The van der Waals surface area contributed by atoms with Crippen LogP contribution in [0.15, 0.2) is 35.5 Å². The number of rotatable bonds is 4. The number of thioether (sulfide) groups is 1. The van der Waals surface area contributed by atoms with E-state index in [0.717, 1.165) is 11.5 Å². The molecule has 0 aliphatic heterocycles. The molecule has 0 aliphatic rings. The molecule has 2 aromatic rings. The minimum atomic E-state index is -0.509. The first-order chi connectivity index (χ1) is 11.7. The first-order valence-electron chi connectivity index (χ1n) is 7.94. The van der Waals surface area contributed by atoms with Crippen LogP contribution in [0.25, 0.3) is 5.69 Å². The summed E-state index contributed by atoms with van der Waals surface area (Å²) in [5.74, 6) is 0.346. The highest BCUT2D eigenvalue weighted by molar-refractivity contribution is 8.00. The summed E-state index contributed by atoms with van der Waals surface area (Å²) in [6, 6.07) is 9.17. The number of carbonyl (C=O) groups excluding carboxylic acids is 2. The molecule has 0 radical (unpaired) electrons. The van der Waals surface area contributed by atoms with Crippen LogP contribution in [0.5, 0.6) is 0 Å². The Morgan fingerprint density at radius 1 is 1.16 bits per heavy atom. The van der Waals surface area contributed by atoms with E-state index in [1.54, 1.807) is 6.92 Å². The molecule has 0 saturated heterocycles. The Morgan fingerprint density at radius 2 is 1.80 bits per heavy atom. The lowest BCUT2D eigenvalue weighted by Crippen LogP contribution is -2.49. The molecule has 1 atom stereocenters. The number of para-hydroxylation sites is 1. The van der Waals surface area contributed by atoms with E-state index in [9.17, 15) is 9.59 Å². The van der Waals surface area contributed by atoms with Crippen molar-refractivity contribution in [1.29, 1.82) is 0 Å². The average molecular weight is 361 g/mol. The van der Waals surface area contributed by atoms with Crippen LogP contribution in [0.4, 0.5) is 4.79 Å². The second-order valence-electron chi connectivity index (χ2n) is 6.65. The molecule has 3 amide bonds. The van der Waals surface area contributed by atoms with Gasteiger partial charge in [0.2, 0.25) is 5.91 Å². The van der Waals surface area contributed by atoms with Gasteiger partial charge in [-0.2, -0.15) is 0 Å². The number of imide groups is 1. The number of hydrogen-bond acceptors (Lipinski definition) is 5. The van der Waals surface area contributed by atoms with Crippen molar-refractivity contribution in [2.24, 2.45) is 0 Å². The van der Waals surface area contributed by atoms with E-state index in [1.807, 2.05) is 62.6 Å². The summed E-state index contributed by atoms with van der Waals surface area (Å²) in [5, 5.41) is 13.4. The first-order valence-corrected chi connectivity index (χ1v) is 8.82. The Balaban J connectivity index is 2.07. The van der Waals surface area contributed by atoms with Gasteiger partial charge in [0.05, 0.1) is 5.25 Å². The number of nitrogens with one attached hydrogen (secondary N) is 2. The van der Waals surface area contributed by atoms with Gasteiger partial charge < -0.3 is 5.32 Å². The monoisotopic (exact) mass is 361 g/mol. The van der Waals surface area contributed by atoms with Gasteiger partial charge in [-0.1, -0.05) is 30.0 Å². The van der Waals surface area contributed by atoms with Crippen LogP contribution >= 0.6 is 11.8 Å². The molecule has 0 spiro atoms. The zero-order chi connectivity index (χ0) is 18.6. The largest absolute Gasteiger partial charge is 0.333 e. The number of benzene rings is 1. The van der Waals surface area contributed by atoms with Gasteiger partial charge in [0.1, 0.15) is 5.82 Å². The van der Waals surface area contributed by atoms with Gasteiger partial charge in [-0.15, -0.1) is 10.2 Å². The molecule has 0 aliphatic carbocycles. The number of nitrogens with zero attached hydrogens (tertiary/aromatic N) is 3. The van der Waals surface area contributed by atoms with Crippen LogP contribution in [-0.2, 0) is 4.79 Å². The second kappa shape index (κ2) is 7.69. The number of carbonyl (C=O) groups is 2. The van der Waals surface area contributed by atoms with Crippen molar-refractivity contribution >= 4 is 23.7 Å². The highest BCUT2D eigenvalue weighted by Crippen LogP contribution is 2.25. The summed E-state index contributed by atoms with van der Waals surface area (Å²) in [4.78, 5) is 24.1. The van der Waals surface area contributed by atoms with Crippen molar-refractivity contribution in [3.8, 4) is 5.69 Å². The van der Waals surface area contributed by atoms with Gasteiger partial charge in [-0.05, 0) is 46.8 Å². The van der Waals surface area contributed by atoms with Crippen molar-refractivity contribution in [2.75, 3.05) is 0 Å². The molecule has 7 nitrogen and oxygen atoms in total. The fourth-order valence-electron chi connectivity index (χ4n) is 2.09. The number of urea groups is 1. The fourth-order valence-corrected chi connectivity index (χ4v) is 3.00. The van der Waals surface area contributed by atoms with E-state index in [1.165, 1.54) is 11.8 Å². The molecule has 0 fully saturated rings. The van der Waals surface area contributed by atoms with E-state index < -0.39 is 16.8 Å². The Kier molecular flexibility index (Phi) is 5.84. The Hall–Kier alpha value is -2.35. The third-order valence-electron chi connectivity index (χ3n) is 3.19. The molecule has 1 aromatic heterocycles. The van der Waals surface area contributed by atoms with Gasteiger partial charge in [0.15, 0.2) is 5.16 Å². The minimum absolute atomic E-state index is 0.382. The molecule has 0 bridgehead atoms. The summed E-state index contributed by atoms with van der Waals surface area (Å²) < 4.78 is 1.88. The standard InChI is InChI=1S/C17H23N5O2S/c1-11(14(23)18-15(24)19-17(3,4)5)25-16-21-20-12(2)22(16)13-9-7-6-8-10-13/h6-11H,1-5H3,(H2,18,19,23,24)/t11-/m1/s1. The summed E-state index contributed by atoms with van der Waals surface area (Å²) in [5.41, 5.74) is 0.510. The molecule has 8 heteroatoms. The van der Waals surface area contributed by atoms with Crippen molar-refractivity contribution in [1.82, 2.24) is 25.4 Å². The zero-order valence-electron chi connectivity index (χ0n) is 15.0. The number of aromatic nitrogens is 3. The van der Waals surface area contributed by atoms with E-state index in [2.05, 4.69) is 20.8 Å². The fraction of sp³-hybridized carbons (Fsp3) is 0.412. The highest BCUT2D eigenvalue weighted by Gasteiger charge is 2.22. The van der Waals surface area contributed by atoms with Gasteiger partial charge >= 0.3 is 6.03 Å². The maximum absolute atomic E-state index is 12.2. The number of hydrogen-bond donors (Lipinski definition) is 2. The van der Waals surface area contributed by atoms with Gasteiger partial charge in [0.25, 0.3) is 0 Å². The van der Waals surface area contributed by atoms with Crippen molar-refractivity contribution < 1.29 is 9.59 Å². The Labute approximate surface area is 151 Å². The van der Waals surface area contributed by atoms with E-state index in [4.69, 9.17) is 0 Å². The minimum Gasteiger partial charge on any atom is -0.333 e. The SMILES string of the molecule is Cc1nnc(S[C@H](C)C(=O)NC(=O)NC(C)(C)C)n1-c1ccccc1. The quantitative estimate of drug-likeness (QED) is 0.817. The lowest BCUT2D eigenvalue weighted by atomic mass is 10.1. The van der Waals surface area contributed by atoms with Gasteiger partial charge in [0, 0.05) is 11.2 Å². The Morgan fingerprint density at radius 3 is 2.40 bits per heavy atom. The summed E-state index contributed by atoms with van der Waals surface area (Å²) >= 11 is 1.25. The first kappa shape index (κ1) is 19.0. The predicted octanol–water partition coefficient (Wildman–Crippen LogP) is 2.68. The molecular weight excluding hydrogens is 338 g/mol. The zero-order valence-corrected chi connectivity index (χ0v) is 15.8. The van der Waals surface area contributed by atoms with Crippen molar-refractivity contribution in [3.05, 3.63) is 36.2 Å². The molecule has 0 saturated carbocycles. The highest BCUT2D eigenvalue weighted by atomic mass is 32.2. The second-order valence-corrected chi connectivity index (χ2v) is 7.96. The molecule has 1 heterocycles. The van der Waals surface area contributed by atoms with Crippen molar-refractivity contribution in [2.45, 2.75) is 50.6 Å². The van der Waals surface area contributed by atoms with Gasteiger partial charge in [-0.3, -0.25) is 14.7 Å².